The maximum Gasteiger partial charge on any atom is 0.227 e. The summed E-state index contributed by atoms with van der Waals surface area (Å²) in [6, 6.07) is 0. The Kier molecular flexibility index (Phi) is 13.1. The van der Waals surface area contributed by atoms with Crippen molar-refractivity contribution in [3.8, 4) is 0 Å². The van der Waals surface area contributed by atoms with E-state index in [1.165, 1.54) is 64.9 Å². The zero-order valence-corrected chi connectivity index (χ0v) is 17.8. The Morgan fingerprint density at radius 3 is 1.96 bits per heavy atom. The molecule has 0 radical (unpaired) electrons. The molecule has 0 saturated carbocycles. The first-order valence-corrected chi connectivity index (χ1v) is 11.0. The first-order chi connectivity index (χ1) is 13.6. The molecule has 1 rings (SSSR count). The fourth-order valence-corrected chi connectivity index (χ4v) is 3.41. The van der Waals surface area contributed by atoms with Crippen molar-refractivity contribution in [1.29, 1.82) is 0 Å². The van der Waals surface area contributed by atoms with Crippen LogP contribution >= 0.6 is 0 Å². The molecule has 1 aliphatic rings. The molecule has 0 amide bonds. The number of methoxy groups -OCH3 is 1. The lowest BCUT2D eigenvalue weighted by molar-refractivity contribution is -0.119. The Balaban J connectivity index is 2.03. The van der Waals surface area contributed by atoms with Gasteiger partial charge in [-0.05, 0) is 38.5 Å². The number of rotatable bonds is 16. The zero-order chi connectivity index (χ0) is 20.6. The third-order valence-corrected chi connectivity index (χ3v) is 5.19. The topological polar surface area (TPSA) is 63.6 Å². The Labute approximate surface area is 170 Å². The van der Waals surface area contributed by atoms with Crippen LogP contribution in [-0.2, 0) is 14.3 Å². The second kappa shape index (κ2) is 15.1. The summed E-state index contributed by atoms with van der Waals surface area (Å²) in [5, 5.41) is 9.84. The summed E-state index contributed by atoms with van der Waals surface area (Å²) in [4.78, 5) is 23.8. The maximum atomic E-state index is 12.1. The van der Waals surface area contributed by atoms with Crippen LogP contribution in [0.3, 0.4) is 0 Å². The molecule has 0 aromatic rings. The van der Waals surface area contributed by atoms with Crippen LogP contribution in [0.15, 0.2) is 35.3 Å². The smallest absolute Gasteiger partial charge is 0.227 e. The Morgan fingerprint density at radius 1 is 0.857 bits per heavy atom. The van der Waals surface area contributed by atoms with Crippen LogP contribution < -0.4 is 0 Å². The Bertz CT molecular complexity index is 569. The number of aliphatic hydroxyl groups is 1. The average molecular weight is 391 g/mol. The van der Waals surface area contributed by atoms with E-state index in [4.69, 9.17) is 4.74 Å². The van der Waals surface area contributed by atoms with Gasteiger partial charge in [0.25, 0.3) is 0 Å². The highest BCUT2D eigenvalue weighted by atomic mass is 16.5. The van der Waals surface area contributed by atoms with E-state index >= 15 is 0 Å². The highest BCUT2D eigenvalue weighted by Gasteiger charge is 2.28. The van der Waals surface area contributed by atoms with Crippen LogP contribution in [0, 0.1) is 0 Å². The number of allylic oxidation sites excluding steroid dienone is 4. The summed E-state index contributed by atoms with van der Waals surface area (Å²) < 4.78 is 4.92. The first kappa shape index (κ1) is 24.2. The summed E-state index contributed by atoms with van der Waals surface area (Å²) in [5.41, 5.74) is 0.196. The second-order valence-corrected chi connectivity index (χ2v) is 7.57. The molecule has 1 N–H and O–H groups in total. The lowest BCUT2D eigenvalue weighted by atomic mass is 9.94. The summed E-state index contributed by atoms with van der Waals surface area (Å²) in [6.45, 7) is 2.25. The van der Waals surface area contributed by atoms with Gasteiger partial charge in [-0.3, -0.25) is 9.59 Å². The molecule has 0 fully saturated rings. The van der Waals surface area contributed by atoms with Crippen LogP contribution in [0.2, 0.25) is 0 Å². The summed E-state index contributed by atoms with van der Waals surface area (Å²) in [7, 11) is 1.36. The first-order valence-electron chi connectivity index (χ1n) is 11.0. The molecule has 0 saturated heterocycles. The van der Waals surface area contributed by atoms with Gasteiger partial charge in [0, 0.05) is 11.6 Å². The number of ketones is 2. The molecule has 0 aliphatic heterocycles. The van der Waals surface area contributed by atoms with Gasteiger partial charge in [-0.1, -0.05) is 70.4 Å². The van der Waals surface area contributed by atoms with Gasteiger partial charge in [-0.2, -0.15) is 0 Å². The SMILES string of the molecule is CCCCCCCC/C=C\CCCCCCCC1=C(O)C(=O)C=C(OC)C1=O. The summed E-state index contributed by atoms with van der Waals surface area (Å²) >= 11 is 0. The van der Waals surface area contributed by atoms with Gasteiger partial charge >= 0.3 is 0 Å². The number of carbonyl (C=O) groups excluding carboxylic acids is 2. The van der Waals surface area contributed by atoms with Gasteiger partial charge in [0.2, 0.25) is 11.6 Å². The molecule has 0 atom stereocenters. The number of Topliss-reactive ketones (excluding diaryl/α,β-unsaturated/α-hetero) is 1. The van der Waals surface area contributed by atoms with Crippen LogP contribution in [0.25, 0.3) is 0 Å². The van der Waals surface area contributed by atoms with Crippen molar-refractivity contribution in [2.45, 2.75) is 96.8 Å². The molecule has 0 bridgehead atoms. The molecule has 0 aromatic carbocycles. The average Bonchev–Trinajstić information content (AvgIpc) is 2.69. The van der Waals surface area contributed by atoms with Crippen LogP contribution in [0.4, 0.5) is 0 Å². The van der Waals surface area contributed by atoms with E-state index in [1.54, 1.807) is 0 Å². The third-order valence-electron chi connectivity index (χ3n) is 5.19. The van der Waals surface area contributed by atoms with Crippen LogP contribution in [-0.4, -0.2) is 23.8 Å². The minimum Gasteiger partial charge on any atom is -0.504 e. The van der Waals surface area contributed by atoms with Crippen LogP contribution in [0.5, 0.6) is 0 Å². The van der Waals surface area contributed by atoms with Crippen molar-refractivity contribution in [3.05, 3.63) is 35.3 Å². The molecule has 4 nitrogen and oxygen atoms in total. The van der Waals surface area contributed by atoms with Crippen molar-refractivity contribution in [3.63, 3.8) is 0 Å². The molecule has 0 heterocycles. The van der Waals surface area contributed by atoms with Gasteiger partial charge in [-0.25, -0.2) is 0 Å². The fourth-order valence-electron chi connectivity index (χ4n) is 3.41. The molecule has 0 unspecified atom stereocenters. The zero-order valence-electron chi connectivity index (χ0n) is 17.8. The minimum absolute atomic E-state index is 0.0190. The van der Waals surface area contributed by atoms with E-state index in [1.807, 2.05) is 0 Å². The largest absolute Gasteiger partial charge is 0.504 e. The van der Waals surface area contributed by atoms with Crippen molar-refractivity contribution >= 4 is 11.6 Å². The fraction of sp³-hybridized carbons (Fsp3) is 0.667. The highest BCUT2D eigenvalue weighted by molar-refractivity contribution is 6.20. The predicted octanol–water partition coefficient (Wildman–Crippen LogP) is 6.52. The number of hydrogen-bond acceptors (Lipinski definition) is 4. The van der Waals surface area contributed by atoms with Gasteiger partial charge in [-0.15, -0.1) is 0 Å². The lowest BCUT2D eigenvalue weighted by Crippen LogP contribution is -2.20. The third kappa shape index (κ3) is 9.38. The van der Waals surface area contributed by atoms with E-state index < -0.39 is 11.5 Å². The number of carbonyl (C=O) groups is 2. The van der Waals surface area contributed by atoms with Gasteiger partial charge < -0.3 is 9.84 Å². The molecular weight excluding hydrogens is 352 g/mol. The minimum atomic E-state index is -0.542. The van der Waals surface area contributed by atoms with Crippen molar-refractivity contribution in [2.24, 2.45) is 0 Å². The molecule has 1 aliphatic carbocycles. The van der Waals surface area contributed by atoms with Gasteiger partial charge in [0.15, 0.2) is 11.5 Å². The van der Waals surface area contributed by atoms with E-state index in [0.717, 1.165) is 31.8 Å². The van der Waals surface area contributed by atoms with Crippen molar-refractivity contribution in [1.82, 2.24) is 0 Å². The lowest BCUT2D eigenvalue weighted by Gasteiger charge is -2.14. The Hall–Kier alpha value is -1.84. The van der Waals surface area contributed by atoms with Crippen LogP contribution in [0.1, 0.15) is 96.8 Å². The van der Waals surface area contributed by atoms with E-state index in [9.17, 15) is 14.7 Å². The van der Waals surface area contributed by atoms with Gasteiger partial charge in [0.1, 0.15) is 0 Å². The number of hydrogen-bond donors (Lipinski definition) is 1. The van der Waals surface area contributed by atoms with Crippen molar-refractivity contribution < 1.29 is 19.4 Å². The van der Waals surface area contributed by atoms with E-state index in [2.05, 4.69) is 19.1 Å². The monoisotopic (exact) mass is 390 g/mol. The summed E-state index contributed by atoms with van der Waals surface area (Å²) in [6.07, 6.45) is 21.8. The number of aliphatic hydroxyl groups excluding tert-OH is 1. The predicted molar refractivity (Wildman–Crippen MR) is 114 cm³/mol. The highest BCUT2D eigenvalue weighted by Crippen LogP contribution is 2.23. The second-order valence-electron chi connectivity index (χ2n) is 7.57. The molecule has 0 spiro atoms. The molecular formula is C24H38O4. The maximum absolute atomic E-state index is 12.1. The van der Waals surface area contributed by atoms with E-state index in [-0.39, 0.29) is 17.1 Å². The molecule has 28 heavy (non-hydrogen) atoms. The number of ether oxygens (including phenoxy) is 1. The van der Waals surface area contributed by atoms with Gasteiger partial charge in [0.05, 0.1) is 7.11 Å². The quantitative estimate of drug-likeness (QED) is 0.185. The number of unbranched alkanes of at least 4 members (excludes halogenated alkanes) is 11. The molecule has 4 heteroatoms. The summed E-state index contributed by atoms with van der Waals surface area (Å²) in [5.74, 6) is -1.30. The normalized spacial score (nSPS) is 14.9. The molecule has 0 aromatic heterocycles. The van der Waals surface area contributed by atoms with E-state index in [0.29, 0.717) is 6.42 Å². The standard InChI is InChI=1S/C24H38O4/c1-3-4-5-6-7-8-9-10-11-12-13-14-15-16-17-18-20-23(26)21(25)19-22(28-2)24(20)27/h10-11,19,26H,3-9,12-18H2,1-2H3/b11-10-. The molecule has 158 valence electrons. The Morgan fingerprint density at radius 2 is 1.39 bits per heavy atom. The van der Waals surface area contributed by atoms with Crippen molar-refractivity contribution in [2.75, 3.05) is 7.11 Å².